The normalized spacial score (nSPS) is 17.6. The second-order valence-electron chi connectivity index (χ2n) is 10.3. The maximum atomic E-state index is 14.0. The van der Waals surface area contributed by atoms with Gasteiger partial charge in [0.1, 0.15) is 29.0 Å². The largest absolute Gasteiger partial charge is 0.368 e. The molecule has 1 atom stereocenters. The fraction of sp³-hybridized carbons (Fsp3) is 0.258. The van der Waals surface area contributed by atoms with Crippen LogP contribution in [0.15, 0.2) is 85.1 Å². The highest BCUT2D eigenvalue weighted by atomic mass is 19.1. The van der Waals surface area contributed by atoms with E-state index < -0.39 is 0 Å². The SMILES string of the molecule is Fc1ccc(N2CCN(c3cccc(-c4cnc5ccc(N6CCCC6c6cccc(F)c6)nn45)n3)CC2)cc1. The van der Waals surface area contributed by atoms with Gasteiger partial charge in [-0.05, 0) is 79.1 Å². The van der Waals surface area contributed by atoms with Crippen molar-refractivity contribution in [1.82, 2.24) is 19.6 Å². The van der Waals surface area contributed by atoms with Crippen molar-refractivity contribution in [3.8, 4) is 11.4 Å². The lowest BCUT2D eigenvalue weighted by Crippen LogP contribution is -2.46. The third kappa shape index (κ3) is 4.61. The van der Waals surface area contributed by atoms with Gasteiger partial charge >= 0.3 is 0 Å². The monoisotopic (exact) mass is 537 g/mol. The fourth-order valence-electron chi connectivity index (χ4n) is 5.88. The minimum atomic E-state index is -0.218. The van der Waals surface area contributed by atoms with E-state index in [1.54, 1.807) is 12.1 Å². The molecule has 7 nitrogen and oxygen atoms in total. The van der Waals surface area contributed by atoms with Gasteiger partial charge in [-0.25, -0.2) is 23.3 Å². The number of fused-ring (bicyclic) bond motifs is 1. The first-order valence-corrected chi connectivity index (χ1v) is 13.7. The lowest BCUT2D eigenvalue weighted by molar-refractivity contribution is 0.617. The van der Waals surface area contributed by atoms with Crippen LogP contribution < -0.4 is 14.7 Å². The third-order valence-corrected chi connectivity index (χ3v) is 7.92. The Kier molecular flexibility index (Phi) is 6.26. The van der Waals surface area contributed by atoms with Crippen LogP contribution in [0.5, 0.6) is 0 Å². The Morgan fingerprint density at radius 2 is 1.52 bits per heavy atom. The Morgan fingerprint density at radius 3 is 2.35 bits per heavy atom. The van der Waals surface area contributed by atoms with Crippen molar-refractivity contribution in [1.29, 1.82) is 0 Å². The van der Waals surface area contributed by atoms with E-state index in [1.807, 2.05) is 59.2 Å². The number of aromatic nitrogens is 4. The molecule has 5 aromatic rings. The standard InChI is InChI=1S/C31H29F2N7/c32-23-9-11-25(12-10-23)37-16-18-38(19-17-37)30-8-2-6-26(35-30)28-21-34-29-13-14-31(36-40(28)29)39-15-3-7-27(39)22-4-1-5-24(33)20-22/h1-2,4-6,8-14,20-21,27H,3,7,15-19H2. The fourth-order valence-corrected chi connectivity index (χ4v) is 5.88. The van der Waals surface area contributed by atoms with Gasteiger partial charge < -0.3 is 14.7 Å². The Labute approximate surface area is 231 Å². The molecule has 2 saturated heterocycles. The highest BCUT2D eigenvalue weighted by Crippen LogP contribution is 2.36. The van der Waals surface area contributed by atoms with Gasteiger partial charge in [-0.3, -0.25) is 0 Å². The van der Waals surface area contributed by atoms with Crippen molar-refractivity contribution in [2.24, 2.45) is 0 Å². The molecule has 0 spiro atoms. The van der Waals surface area contributed by atoms with Gasteiger partial charge in [0.2, 0.25) is 0 Å². The van der Waals surface area contributed by atoms with Crippen LogP contribution in [0.3, 0.4) is 0 Å². The molecule has 7 rings (SSSR count). The van der Waals surface area contributed by atoms with E-state index in [2.05, 4.69) is 19.7 Å². The van der Waals surface area contributed by atoms with Gasteiger partial charge in [0.15, 0.2) is 5.65 Å². The molecule has 0 amide bonds. The number of hydrogen-bond donors (Lipinski definition) is 0. The summed E-state index contributed by atoms with van der Waals surface area (Å²) in [7, 11) is 0. The second-order valence-corrected chi connectivity index (χ2v) is 10.3. The van der Waals surface area contributed by atoms with Gasteiger partial charge in [-0.2, -0.15) is 0 Å². The molecule has 9 heteroatoms. The molecule has 1 unspecified atom stereocenters. The molecule has 2 fully saturated rings. The van der Waals surface area contributed by atoms with Crippen molar-refractivity contribution in [3.63, 3.8) is 0 Å². The van der Waals surface area contributed by atoms with Crippen molar-refractivity contribution in [3.05, 3.63) is 102 Å². The second kappa shape index (κ2) is 10.2. The van der Waals surface area contributed by atoms with E-state index in [0.717, 1.165) is 85.5 Å². The van der Waals surface area contributed by atoms with Crippen LogP contribution in [0.4, 0.5) is 26.1 Å². The first kappa shape index (κ1) is 24.5. The number of imidazole rings is 1. The van der Waals surface area contributed by atoms with Gasteiger partial charge in [0.25, 0.3) is 0 Å². The van der Waals surface area contributed by atoms with E-state index >= 15 is 0 Å². The van der Waals surface area contributed by atoms with Crippen LogP contribution in [-0.2, 0) is 0 Å². The van der Waals surface area contributed by atoms with E-state index in [0.29, 0.717) is 0 Å². The molecular formula is C31H29F2N7. The summed E-state index contributed by atoms with van der Waals surface area (Å²) in [5.41, 5.74) is 4.39. The van der Waals surface area contributed by atoms with Crippen LogP contribution in [0, 0.1) is 11.6 Å². The number of piperazine rings is 1. The Balaban J connectivity index is 1.13. The summed E-state index contributed by atoms with van der Waals surface area (Å²) in [6, 6.07) is 23.6. The molecule has 202 valence electrons. The number of nitrogens with zero attached hydrogens (tertiary/aromatic N) is 7. The molecule has 0 saturated carbocycles. The minimum absolute atomic E-state index is 0.0858. The predicted octanol–water partition coefficient (Wildman–Crippen LogP) is 5.74. The lowest BCUT2D eigenvalue weighted by Gasteiger charge is -2.36. The molecule has 0 aliphatic carbocycles. The van der Waals surface area contributed by atoms with Crippen molar-refractivity contribution in [2.45, 2.75) is 18.9 Å². The van der Waals surface area contributed by atoms with Crippen LogP contribution in [0.2, 0.25) is 0 Å². The highest BCUT2D eigenvalue weighted by Gasteiger charge is 2.28. The first-order chi connectivity index (χ1) is 19.6. The maximum absolute atomic E-state index is 14.0. The van der Waals surface area contributed by atoms with Gasteiger partial charge in [-0.1, -0.05) is 18.2 Å². The summed E-state index contributed by atoms with van der Waals surface area (Å²) in [5, 5.41) is 4.98. The van der Waals surface area contributed by atoms with Gasteiger partial charge in [0, 0.05) is 38.4 Å². The molecule has 2 aliphatic heterocycles. The zero-order valence-electron chi connectivity index (χ0n) is 22.0. The van der Waals surface area contributed by atoms with Gasteiger partial charge in [-0.15, -0.1) is 5.10 Å². The average Bonchev–Trinajstić information content (AvgIpc) is 3.65. The van der Waals surface area contributed by atoms with E-state index in [1.165, 1.54) is 18.2 Å². The van der Waals surface area contributed by atoms with Crippen LogP contribution >= 0.6 is 0 Å². The molecule has 2 aromatic carbocycles. The summed E-state index contributed by atoms with van der Waals surface area (Å²) in [5.74, 6) is 1.32. The average molecular weight is 538 g/mol. The zero-order chi connectivity index (χ0) is 27.1. The quantitative estimate of drug-likeness (QED) is 0.285. The zero-order valence-corrected chi connectivity index (χ0v) is 22.0. The lowest BCUT2D eigenvalue weighted by atomic mass is 10.0. The highest BCUT2D eigenvalue weighted by molar-refractivity contribution is 5.63. The molecule has 40 heavy (non-hydrogen) atoms. The van der Waals surface area contributed by atoms with E-state index in [4.69, 9.17) is 10.1 Å². The van der Waals surface area contributed by atoms with Crippen molar-refractivity contribution in [2.75, 3.05) is 47.4 Å². The predicted molar refractivity (Wildman–Crippen MR) is 153 cm³/mol. The van der Waals surface area contributed by atoms with Crippen LogP contribution in [0.1, 0.15) is 24.4 Å². The number of rotatable bonds is 5. The van der Waals surface area contributed by atoms with E-state index in [9.17, 15) is 8.78 Å². The van der Waals surface area contributed by atoms with Crippen molar-refractivity contribution < 1.29 is 8.78 Å². The molecular weight excluding hydrogens is 508 g/mol. The Morgan fingerprint density at radius 1 is 0.725 bits per heavy atom. The first-order valence-electron chi connectivity index (χ1n) is 13.7. The third-order valence-electron chi connectivity index (χ3n) is 7.92. The molecule has 3 aromatic heterocycles. The smallest absolute Gasteiger partial charge is 0.154 e. The summed E-state index contributed by atoms with van der Waals surface area (Å²) < 4.78 is 29.1. The summed E-state index contributed by atoms with van der Waals surface area (Å²) in [6.45, 7) is 4.17. The minimum Gasteiger partial charge on any atom is -0.368 e. The molecule has 0 N–H and O–H groups in total. The molecule has 5 heterocycles. The van der Waals surface area contributed by atoms with Crippen molar-refractivity contribution >= 4 is 23.0 Å². The Bertz CT molecular complexity index is 1640. The number of benzene rings is 2. The summed E-state index contributed by atoms with van der Waals surface area (Å²) >= 11 is 0. The number of hydrogen-bond acceptors (Lipinski definition) is 6. The van der Waals surface area contributed by atoms with E-state index in [-0.39, 0.29) is 17.7 Å². The number of anilines is 3. The Hall–Kier alpha value is -4.53. The molecule has 0 bridgehead atoms. The number of pyridine rings is 1. The summed E-state index contributed by atoms with van der Waals surface area (Å²) in [6.07, 6.45) is 3.80. The van der Waals surface area contributed by atoms with Crippen LogP contribution in [-0.4, -0.2) is 52.3 Å². The van der Waals surface area contributed by atoms with Crippen LogP contribution in [0.25, 0.3) is 17.0 Å². The maximum Gasteiger partial charge on any atom is 0.154 e. The number of halogens is 2. The topological polar surface area (TPSA) is 52.8 Å². The van der Waals surface area contributed by atoms with Gasteiger partial charge in [0.05, 0.1) is 17.9 Å². The molecule has 0 radical (unpaired) electrons. The molecule has 2 aliphatic rings. The summed E-state index contributed by atoms with van der Waals surface area (Å²) in [4.78, 5) is 16.4.